The molecule has 1 fully saturated rings. The van der Waals surface area contributed by atoms with Crippen LogP contribution in [0.25, 0.3) is 33.5 Å². The summed E-state index contributed by atoms with van der Waals surface area (Å²) in [6, 6.07) is 22.9. The van der Waals surface area contributed by atoms with Crippen molar-refractivity contribution in [2.45, 2.75) is 38.6 Å². The number of carbonyl (C=O) groups excluding carboxylic acids is 2. The number of nitrogens with zero attached hydrogens (tertiary/aromatic N) is 8. The number of carbonyl (C=O) groups is 2. The van der Waals surface area contributed by atoms with E-state index in [4.69, 9.17) is 4.98 Å². The summed E-state index contributed by atoms with van der Waals surface area (Å²) < 4.78 is 2.32. The molecule has 2 amide bonds. The van der Waals surface area contributed by atoms with E-state index in [1.165, 1.54) is 15.5 Å². The molecule has 0 radical (unpaired) electrons. The van der Waals surface area contributed by atoms with Crippen molar-refractivity contribution < 1.29 is 9.59 Å². The molecule has 1 atom stereocenters. The van der Waals surface area contributed by atoms with Crippen molar-refractivity contribution in [3.05, 3.63) is 83.7 Å². The van der Waals surface area contributed by atoms with Crippen molar-refractivity contribution in [2.75, 3.05) is 20.6 Å². The lowest BCUT2D eigenvalue weighted by Gasteiger charge is -2.28. The highest BCUT2D eigenvalue weighted by Gasteiger charge is 2.32. The Labute approximate surface area is 254 Å². The average Bonchev–Trinajstić information content (AvgIpc) is 3.60. The van der Waals surface area contributed by atoms with Crippen LogP contribution in [-0.4, -0.2) is 78.3 Å². The Kier molecular flexibility index (Phi) is 7.00. The fraction of sp³-hybridized carbons (Fsp3) is 0.303. The number of benzene rings is 3. The van der Waals surface area contributed by atoms with Crippen molar-refractivity contribution in [2.24, 2.45) is 11.0 Å². The zero-order valence-electron chi connectivity index (χ0n) is 24.9. The Morgan fingerprint density at radius 2 is 1.75 bits per heavy atom. The number of imidazole rings is 1. The molecule has 5 aromatic rings. The van der Waals surface area contributed by atoms with Gasteiger partial charge < -0.3 is 9.47 Å². The molecule has 0 bridgehead atoms. The van der Waals surface area contributed by atoms with Crippen molar-refractivity contribution in [3.8, 4) is 22.5 Å². The number of tetrazole rings is 1. The smallest absolute Gasteiger partial charge is 0.243 e. The molecule has 0 spiro atoms. The molecule has 1 aliphatic heterocycles. The summed E-state index contributed by atoms with van der Waals surface area (Å²) in [7, 11) is 3.36. The van der Waals surface area contributed by atoms with Crippen LogP contribution in [0, 0.1) is 5.92 Å². The number of fused-ring (bicyclic) bond motifs is 1. The molecule has 11 heteroatoms. The van der Waals surface area contributed by atoms with E-state index in [0.29, 0.717) is 24.7 Å². The van der Waals surface area contributed by atoms with Crippen LogP contribution in [0.4, 0.5) is 0 Å². The topological polar surface area (TPSA) is 125 Å². The second-order valence-corrected chi connectivity index (χ2v) is 11.8. The first-order valence-corrected chi connectivity index (χ1v) is 14.9. The molecule has 1 aliphatic carbocycles. The third kappa shape index (κ3) is 5.25. The van der Waals surface area contributed by atoms with Crippen LogP contribution in [0.3, 0.4) is 0 Å². The minimum Gasteiger partial charge on any atom is -0.347 e. The lowest BCUT2D eigenvalue weighted by molar-refractivity contribution is -0.140. The number of hydrogen-bond donors (Lipinski definition) is 1. The SMILES string of the molecule is CC1CC(=O)N(CC(=O)N(C)C)N=C1c1ccc2nc(C3CC3)n(Cc3ccc(-c4ccccc4-c4nn[nH]n4)cc3)c2c1. The van der Waals surface area contributed by atoms with Gasteiger partial charge in [0.05, 0.1) is 16.7 Å². The zero-order chi connectivity index (χ0) is 30.4. The normalized spacial score (nSPS) is 16.8. The summed E-state index contributed by atoms with van der Waals surface area (Å²) in [4.78, 5) is 31.6. The number of aromatic nitrogens is 6. The Balaban J connectivity index is 1.22. The van der Waals surface area contributed by atoms with Crippen molar-refractivity contribution in [3.63, 3.8) is 0 Å². The Morgan fingerprint density at radius 1 is 1.00 bits per heavy atom. The van der Waals surface area contributed by atoms with Gasteiger partial charge in [-0.2, -0.15) is 10.3 Å². The number of likely N-dealkylation sites (N-methyl/N-ethyl adjacent to an activating group) is 1. The minimum absolute atomic E-state index is 0.0622. The van der Waals surface area contributed by atoms with Crippen LogP contribution in [0.2, 0.25) is 0 Å². The van der Waals surface area contributed by atoms with Gasteiger partial charge in [-0.05, 0) is 46.9 Å². The average molecular weight is 588 g/mol. The van der Waals surface area contributed by atoms with Crippen LogP contribution in [-0.2, 0) is 16.1 Å². The van der Waals surface area contributed by atoms with Gasteiger partial charge in [0.2, 0.25) is 17.6 Å². The van der Waals surface area contributed by atoms with Gasteiger partial charge in [-0.3, -0.25) is 9.59 Å². The number of rotatable bonds is 8. The molecular weight excluding hydrogens is 554 g/mol. The lowest BCUT2D eigenvalue weighted by atomic mass is 9.93. The summed E-state index contributed by atoms with van der Waals surface area (Å²) in [5, 5.41) is 20.6. The number of aromatic amines is 1. The van der Waals surface area contributed by atoms with Gasteiger partial charge in [-0.15, -0.1) is 10.2 Å². The number of H-pyrrole nitrogens is 1. The maximum Gasteiger partial charge on any atom is 0.243 e. The molecule has 222 valence electrons. The van der Waals surface area contributed by atoms with Crippen molar-refractivity contribution in [1.82, 2.24) is 40.1 Å². The molecule has 1 unspecified atom stereocenters. The van der Waals surface area contributed by atoms with Gasteiger partial charge in [0.25, 0.3) is 0 Å². The van der Waals surface area contributed by atoms with E-state index in [9.17, 15) is 9.59 Å². The number of hydrogen-bond acceptors (Lipinski definition) is 7. The molecule has 44 heavy (non-hydrogen) atoms. The Hall–Kier alpha value is -5.19. The predicted molar refractivity (Wildman–Crippen MR) is 167 cm³/mol. The standard InChI is InChI=1S/C33H33N9O2/c1-20-16-29(43)42(19-30(44)40(2)3)37-31(20)24-14-15-27-28(17-24)41(33(34-27)23-12-13-23)18-21-8-10-22(11-9-21)25-6-4-5-7-26(25)32-35-38-39-36-32/h4-11,14-15,17,20,23H,12-13,16,18-19H2,1-3H3,(H,35,36,38,39). The first kappa shape index (κ1) is 27.6. The van der Waals surface area contributed by atoms with Crippen LogP contribution in [0.15, 0.2) is 71.8 Å². The Morgan fingerprint density at radius 3 is 2.45 bits per heavy atom. The van der Waals surface area contributed by atoms with Crippen LogP contribution < -0.4 is 0 Å². The Bertz CT molecular complexity index is 1890. The van der Waals surface area contributed by atoms with Crippen molar-refractivity contribution in [1.29, 1.82) is 0 Å². The fourth-order valence-electron chi connectivity index (χ4n) is 5.78. The number of amides is 2. The quantitative estimate of drug-likeness (QED) is 0.286. The molecule has 2 aliphatic rings. The number of nitrogens with one attached hydrogen (secondary N) is 1. The first-order valence-electron chi connectivity index (χ1n) is 14.9. The molecule has 3 aromatic carbocycles. The zero-order valence-corrected chi connectivity index (χ0v) is 24.9. The van der Waals surface area contributed by atoms with Gasteiger partial charge in [-0.25, -0.2) is 9.99 Å². The summed E-state index contributed by atoms with van der Waals surface area (Å²) in [6.45, 7) is 2.63. The van der Waals surface area contributed by atoms with E-state index >= 15 is 0 Å². The van der Waals surface area contributed by atoms with Gasteiger partial charge >= 0.3 is 0 Å². The highest BCUT2D eigenvalue weighted by atomic mass is 16.2. The van der Waals surface area contributed by atoms with E-state index in [2.05, 4.69) is 66.7 Å². The molecule has 2 aromatic heterocycles. The highest BCUT2D eigenvalue weighted by Crippen LogP contribution is 2.41. The second-order valence-electron chi connectivity index (χ2n) is 11.8. The van der Waals surface area contributed by atoms with E-state index in [-0.39, 0.29) is 24.3 Å². The monoisotopic (exact) mass is 587 g/mol. The lowest BCUT2D eigenvalue weighted by Crippen LogP contribution is -2.42. The van der Waals surface area contributed by atoms with Crippen LogP contribution >= 0.6 is 0 Å². The van der Waals surface area contributed by atoms with Crippen molar-refractivity contribution >= 4 is 28.6 Å². The van der Waals surface area contributed by atoms with E-state index in [1.807, 2.05) is 37.3 Å². The van der Waals surface area contributed by atoms with Gasteiger partial charge in [0, 0.05) is 50.0 Å². The molecule has 7 rings (SSSR count). The van der Waals surface area contributed by atoms with Gasteiger partial charge in [0.1, 0.15) is 12.4 Å². The molecule has 0 saturated heterocycles. The summed E-state index contributed by atoms with van der Waals surface area (Å²) >= 11 is 0. The summed E-state index contributed by atoms with van der Waals surface area (Å²) in [5.41, 5.74) is 7.94. The van der Waals surface area contributed by atoms with Gasteiger partial charge in [0.15, 0.2) is 0 Å². The maximum absolute atomic E-state index is 12.7. The minimum atomic E-state index is -0.164. The summed E-state index contributed by atoms with van der Waals surface area (Å²) in [6.07, 6.45) is 2.60. The first-order chi connectivity index (χ1) is 21.4. The van der Waals surface area contributed by atoms with Gasteiger partial charge in [-0.1, -0.05) is 61.5 Å². The molecular formula is C33H33N9O2. The third-order valence-electron chi connectivity index (χ3n) is 8.38. The highest BCUT2D eigenvalue weighted by molar-refractivity contribution is 6.07. The fourth-order valence-corrected chi connectivity index (χ4v) is 5.78. The van der Waals surface area contributed by atoms with E-state index in [1.54, 1.807) is 14.1 Å². The maximum atomic E-state index is 12.7. The largest absolute Gasteiger partial charge is 0.347 e. The van der Waals surface area contributed by atoms with E-state index in [0.717, 1.165) is 57.7 Å². The third-order valence-corrected chi connectivity index (χ3v) is 8.38. The molecule has 3 heterocycles. The second kappa shape index (κ2) is 11.1. The predicted octanol–water partition coefficient (Wildman–Crippen LogP) is 4.47. The number of hydrazone groups is 1. The van der Waals surface area contributed by atoms with E-state index < -0.39 is 0 Å². The molecule has 1 N–H and O–H groups in total. The summed E-state index contributed by atoms with van der Waals surface area (Å²) in [5.74, 6) is 1.77. The molecule has 11 nitrogen and oxygen atoms in total. The molecule has 1 saturated carbocycles. The van der Waals surface area contributed by atoms with Crippen LogP contribution in [0.5, 0.6) is 0 Å². The van der Waals surface area contributed by atoms with Crippen LogP contribution in [0.1, 0.15) is 49.1 Å².